The lowest BCUT2D eigenvalue weighted by Crippen LogP contribution is -2.01. The Labute approximate surface area is 272 Å². The second kappa shape index (κ2) is 13.5. The second-order valence-corrected chi connectivity index (χ2v) is 12.1. The first kappa shape index (κ1) is 29.6. The predicted octanol–water partition coefficient (Wildman–Crippen LogP) is 8.44. The molecule has 0 aliphatic carbocycles. The third-order valence-electron chi connectivity index (χ3n) is 7.02. The number of thioether (sulfide) groups is 2. The van der Waals surface area contributed by atoms with E-state index in [1.165, 1.54) is 47.8 Å². The van der Waals surface area contributed by atoms with Crippen LogP contribution in [0.2, 0.25) is 0 Å². The van der Waals surface area contributed by atoms with Crippen molar-refractivity contribution in [2.24, 2.45) is 0 Å². The predicted molar refractivity (Wildman–Crippen MR) is 177 cm³/mol. The fourth-order valence-electron chi connectivity index (χ4n) is 4.94. The summed E-state index contributed by atoms with van der Waals surface area (Å²) in [5, 5.41) is 19.1. The molecular formula is C35H25F2N7S2. The molecule has 7 aromatic rings. The average molecular weight is 646 g/mol. The monoisotopic (exact) mass is 645 g/mol. The van der Waals surface area contributed by atoms with Gasteiger partial charge in [-0.1, -0.05) is 90.3 Å². The fourth-order valence-corrected chi connectivity index (χ4v) is 6.66. The zero-order valence-corrected chi connectivity index (χ0v) is 25.9. The van der Waals surface area contributed by atoms with Gasteiger partial charge >= 0.3 is 0 Å². The van der Waals surface area contributed by atoms with E-state index in [9.17, 15) is 8.78 Å². The zero-order valence-electron chi connectivity index (χ0n) is 24.2. The summed E-state index contributed by atoms with van der Waals surface area (Å²) in [6.45, 7) is 0. The van der Waals surface area contributed by atoms with E-state index < -0.39 is 0 Å². The Hall–Kier alpha value is -5.13. The Bertz CT molecular complexity index is 1950. The Morgan fingerprint density at radius 3 is 1.35 bits per heavy atom. The lowest BCUT2D eigenvalue weighted by Gasteiger charge is -2.11. The van der Waals surface area contributed by atoms with Crippen molar-refractivity contribution in [3.63, 3.8) is 0 Å². The van der Waals surface area contributed by atoms with Crippen LogP contribution in [0.25, 0.3) is 34.2 Å². The SMILES string of the molecule is Fc1cccc(-c2nnc(SCc3cccc(CSc4nnc(-c5cccc(F)c5)n4-c4ccccc4)n3)n2-c2ccccc2)c1. The number of hydrogen-bond donors (Lipinski definition) is 0. The maximum atomic E-state index is 14.1. The van der Waals surface area contributed by atoms with Gasteiger partial charge in [0.2, 0.25) is 0 Å². The van der Waals surface area contributed by atoms with Crippen LogP contribution >= 0.6 is 23.5 Å². The van der Waals surface area contributed by atoms with Gasteiger partial charge in [-0.2, -0.15) is 0 Å². The second-order valence-electron chi connectivity index (χ2n) is 10.2. The lowest BCUT2D eigenvalue weighted by molar-refractivity contribution is 0.627. The maximum absolute atomic E-state index is 14.1. The minimum atomic E-state index is -0.333. The van der Waals surface area contributed by atoms with E-state index in [2.05, 4.69) is 20.4 Å². The van der Waals surface area contributed by atoms with Crippen LogP contribution in [-0.2, 0) is 11.5 Å². The van der Waals surface area contributed by atoms with Crippen LogP contribution in [0.1, 0.15) is 11.4 Å². The maximum Gasteiger partial charge on any atom is 0.196 e. The molecule has 0 aliphatic rings. The molecule has 0 aliphatic heterocycles. The molecule has 3 heterocycles. The number of pyridine rings is 1. The largest absolute Gasteiger partial charge is 0.270 e. The highest BCUT2D eigenvalue weighted by Crippen LogP contribution is 2.32. The summed E-state index contributed by atoms with van der Waals surface area (Å²) in [6, 6.07) is 38.2. The molecule has 0 amide bonds. The van der Waals surface area contributed by atoms with Crippen molar-refractivity contribution < 1.29 is 8.78 Å². The zero-order chi connectivity index (χ0) is 31.3. The number of nitrogens with zero attached hydrogens (tertiary/aromatic N) is 7. The Morgan fingerprint density at radius 1 is 0.478 bits per heavy atom. The smallest absolute Gasteiger partial charge is 0.196 e. The van der Waals surface area contributed by atoms with Gasteiger partial charge in [0.15, 0.2) is 22.0 Å². The first-order valence-corrected chi connectivity index (χ1v) is 16.3. The van der Waals surface area contributed by atoms with E-state index in [4.69, 9.17) is 4.98 Å². The van der Waals surface area contributed by atoms with Crippen LogP contribution in [0.4, 0.5) is 8.78 Å². The number of halogens is 2. The van der Waals surface area contributed by atoms with Gasteiger partial charge in [0.1, 0.15) is 11.6 Å². The molecule has 226 valence electrons. The molecule has 0 radical (unpaired) electrons. The summed E-state index contributed by atoms with van der Waals surface area (Å²) in [4.78, 5) is 4.91. The first-order valence-electron chi connectivity index (χ1n) is 14.4. The number of para-hydroxylation sites is 2. The molecule has 0 saturated carbocycles. The fraction of sp³-hybridized carbons (Fsp3) is 0.0571. The van der Waals surface area contributed by atoms with E-state index in [1.54, 1.807) is 12.1 Å². The molecule has 0 spiro atoms. The molecule has 3 aromatic heterocycles. The van der Waals surface area contributed by atoms with Crippen molar-refractivity contribution in [1.82, 2.24) is 34.5 Å². The highest BCUT2D eigenvalue weighted by molar-refractivity contribution is 7.98. The number of rotatable bonds is 10. The molecule has 0 unspecified atom stereocenters. The third kappa shape index (κ3) is 6.46. The Balaban J connectivity index is 1.12. The van der Waals surface area contributed by atoms with Crippen molar-refractivity contribution in [1.29, 1.82) is 0 Å². The van der Waals surface area contributed by atoms with Crippen molar-refractivity contribution in [3.05, 3.63) is 150 Å². The van der Waals surface area contributed by atoms with E-state index >= 15 is 0 Å². The van der Waals surface area contributed by atoms with Gasteiger partial charge in [0, 0.05) is 34.0 Å². The van der Waals surface area contributed by atoms with Gasteiger partial charge in [0.25, 0.3) is 0 Å². The van der Waals surface area contributed by atoms with E-state index in [-0.39, 0.29) is 11.6 Å². The van der Waals surface area contributed by atoms with Crippen LogP contribution in [0.3, 0.4) is 0 Å². The Morgan fingerprint density at radius 2 is 0.913 bits per heavy atom. The topological polar surface area (TPSA) is 74.3 Å². The summed E-state index contributed by atoms with van der Waals surface area (Å²) in [7, 11) is 0. The van der Waals surface area contributed by atoms with Crippen molar-refractivity contribution in [3.8, 4) is 34.2 Å². The minimum absolute atomic E-state index is 0.333. The van der Waals surface area contributed by atoms with Gasteiger partial charge in [-0.15, -0.1) is 20.4 Å². The molecule has 0 fully saturated rings. The summed E-state index contributed by atoms with van der Waals surface area (Å²) in [5.74, 6) is 1.56. The van der Waals surface area contributed by atoms with Crippen LogP contribution < -0.4 is 0 Å². The number of aromatic nitrogens is 7. The average Bonchev–Trinajstić information content (AvgIpc) is 3.72. The summed E-state index contributed by atoms with van der Waals surface area (Å²) >= 11 is 3.02. The standard InChI is InChI=1S/C35H25F2N7S2/c36-26-12-7-10-24(20-26)32-39-41-34(43(32)30-16-3-1-4-17-30)45-22-28-14-9-15-29(38-28)23-46-35-42-40-33(25-11-8-13-27(37)21-25)44(35)31-18-5-2-6-19-31/h1-21H,22-23H2. The van der Waals surface area contributed by atoms with Crippen LogP contribution in [0.5, 0.6) is 0 Å². The lowest BCUT2D eigenvalue weighted by atomic mass is 10.2. The van der Waals surface area contributed by atoms with Gasteiger partial charge < -0.3 is 0 Å². The van der Waals surface area contributed by atoms with Gasteiger partial charge in [-0.25, -0.2) is 8.78 Å². The normalized spacial score (nSPS) is 11.2. The molecule has 0 saturated heterocycles. The molecule has 0 atom stereocenters. The van der Waals surface area contributed by atoms with E-state index in [0.29, 0.717) is 44.6 Å². The third-order valence-corrected chi connectivity index (χ3v) is 8.95. The minimum Gasteiger partial charge on any atom is -0.270 e. The van der Waals surface area contributed by atoms with Crippen LogP contribution in [0.15, 0.2) is 138 Å². The van der Waals surface area contributed by atoms with Gasteiger partial charge in [-0.3, -0.25) is 14.1 Å². The van der Waals surface area contributed by atoms with Crippen molar-refractivity contribution in [2.45, 2.75) is 21.8 Å². The highest BCUT2D eigenvalue weighted by atomic mass is 32.2. The molecule has 7 rings (SSSR count). The van der Waals surface area contributed by atoms with E-state index in [1.807, 2.05) is 100 Å². The highest BCUT2D eigenvalue weighted by Gasteiger charge is 2.19. The van der Waals surface area contributed by atoms with Crippen molar-refractivity contribution in [2.75, 3.05) is 0 Å². The molecule has 7 nitrogen and oxygen atoms in total. The molecule has 0 bridgehead atoms. The van der Waals surface area contributed by atoms with Crippen LogP contribution in [-0.4, -0.2) is 34.5 Å². The summed E-state index contributed by atoms with van der Waals surface area (Å²) in [5.41, 5.74) is 4.81. The summed E-state index contributed by atoms with van der Waals surface area (Å²) in [6.07, 6.45) is 0. The first-order chi connectivity index (χ1) is 22.6. The van der Waals surface area contributed by atoms with Gasteiger partial charge in [-0.05, 0) is 60.7 Å². The molecule has 4 aromatic carbocycles. The number of benzene rings is 4. The van der Waals surface area contributed by atoms with Crippen molar-refractivity contribution >= 4 is 23.5 Å². The number of hydrogen-bond acceptors (Lipinski definition) is 7. The Kier molecular flexibility index (Phi) is 8.66. The molecule has 11 heteroatoms. The molecule has 0 N–H and O–H groups in total. The summed E-state index contributed by atoms with van der Waals surface area (Å²) < 4.78 is 32.0. The van der Waals surface area contributed by atoms with Crippen LogP contribution in [0, 0.1) is 11.6 Å². The molecular weight excluding hydrogens is 621 g/mol. The van der Waals surface area contributed by atoms with E-state index in [0.717, 1.165) is 22.8 Å². The molecule has 46 heavy (non-hydrogen) atoms. The quantitative estimate of drug-likeness (QED) is 0.138. The van der Waals surface area contributed by atoms with Gasteiger partial charge in [0.05, 0.1) is 11.4 Å².